The molecule has 0 fully saturated rings. The maximum atomic E-state index is 12.0. The Bertz CT molecular complexity index is 558. The van der Waals surface area contributed by atoms with Gasteiger partial charge in [0.2, 0.25) is 5.78 Å². The first kappa shape index (κ1) is 16.8. The lowest BCUT2D eigenvalue weighted by Crippen LogP contribution is -2.15. The summed E-state index contributed by atoms with van der Waals surface area (Å²) in [7, 11) is 0. The van der Waals surface area contributed by atoms with Crippen molar-refractivity contribution in [1.82, 2.24) is 0 Å². The summed E-state index contributed by atoms with van der Waals surface area (Å²) in [6.45, 7) is 10.2. The summed E-state index contributed by atoms with van der Waals surface area (Å²) < 4.78 is 0. The standard InChI is InChI=1S/C11H6O2S2.C3H8.C2H6/c1-5-4-7-8(12)6-2-3-14-10(6)9(13)11(7)15-5;1-3-2;1-2/h2-4H,1H3;3H2,1-2H3;1-2H3. The molecule has 3 rings (SSSR count). The van der Waals surface area contributed by atoms with E-state index in [4.69, 9.17) is 0 Å². The number of thiophene rings is 2. The van der Waals surface area contributed by atoms with Crippen LogP contribution in [0.3, 0.4) is 0 Å². The van der Waals surface area contributed by atoms with Crippen LogP contribution in [-0.2, 0) is 0 Å². The number of aryl methyl sites for hydroxylation is 1. The monoisotopic (exact) mass is 308 g/mol. The zero-order valence-electron chi connectivity index (χ0n) is 12.6. The predicted octanol–water partition coefficient (Wildman–Crippen LogP) is 5.34. The van der Waals surface area contributed by atoms with E-state index < -0.39 is 0 Å². The van der Waals surface area contributed by atoms with Crippen molar-refractivity contribution in [2.45, 2.75) is 41.0 Å². The smallest absolute Gasteiger partial charge is 0.214 e. The van der Waals surface area contributed by atoms with Crippen molar-refractivity contribution in [1.29, 1.82) is 0 Å². The first-order valence-electron chi connectivity index (χ1n) is 6.87. The summed E-state index contributed by atoms with van der Waals surface area (Å²) in [5, 5.41) is 1.80. The molecule has 0 saturated carbocycles. The van der Waals surface area contributed by atoms with Gasteiger partial charge in [-0.25, -0.2) is 0 Å². The highest BCUT2D eigenvalue weighted by atomic mass is 32.1. The Labute approximate surface area is 128 Å². The molecule has 2 heterocycles. The molecule has 2 aromatic rings. The normalized spacial score (nSPS) is 11.7. The van der Waals surface area contributed by atoms with Crippen LogP contribution in [-0.4, -0.2) is 11.6 Å². The average molecular weight is 308 g/mol. The summed E-state index contributed by atoms with van der Waals surface area (Å²) in [6, 6.07) is 3.54. The molecule has 20 heavy (non-hydrogen) atoms. The van der Waals surface area contributed by atoms with Crippen LogP contribution >= 0.6 is 22.7 Å². The van der Waals surface area contributed by atoms with E-state index in [0.29, 0.717) is 20.9 Å². The molecule has 4 heteroatoms. The number of fused-ring (bicyclic) bond motifs is 2. The molecule has 0 radical (unpaired) electrons. The van der Waals surface area contributed by atoms with Gasteiger partial charge in [-0.1, -0.05) is 34.1 Å². The summed E-state index contributed by atoms with van der Waals surface area (Å²) in [5.74, 6) is -0.00194. The van der Waals surface area contributed by atoms with Crippen LogP contribution in [0, 0.1) is 6.92 Å². The van der Waals surface area contributed by atoms with Gasteiger partial charge in [0.05, 0.1) is 9.75 Å². The molecule has 0 aromatic carbocycles. The molecule has 0 amide bonds. The predicted molar refractivity (Wildman–Crippen MR) is 87.6 cm³/mol. The second-order valence-electron chi connectivity index (χ2n) is 4.13. The molecule has 1 aliphatic rings. The molecule has 108 valence electrons. The van der Waals surface area contributed by atoms with Crippen LogP contribution in [0.4, 0.5) is 0 Å². The third kappa shape index (κ3) is 3.07. The van der Waals surface area contributed by atoms with Crippen molar-refractivity contribution < 1.29 is 9.59 Å². The minimum absolute atomic E-state index is 0.00713. The van der Waals surface area contributed by atoms with E-state index in [0.717, 1.165) is 4.88 Å². The van der Waals surface area contributed by atoms with Gasteiger partial charge in [0.1, 0.15) is 0 Å². The summed E-state index contributed by atoms with van der Waals surface area (Å²) in [4.78, 5) is 26.2. The molecular formula is C16H20O2S2. The van der Waals surface area contributed by atoms with Gasteiger partial charge < -0.3 is 0 Å². The van der Waals surface area contributed by atoms with Crippen LogP contribution in [0.25, 0.3) is 0 Å². The maximum absolute atomic E-state index is 12.0. The highest BCUT2D eigenvalue weighted by Gasteiger charge is 2.32. The van der Waals surface area contributed by atoms with Crippen molar-refractivity contribution in [2.75, 3.05) is 0 Å². The van der Waals surface area contributed by atoms with Crippen LogP contribution in [0.15, 0.2) is 17.5 Å². The third-order valence-electron chi connectivity index (χ3n) is 2.42. The zero-order chi connectivity index (χ0) is 15.3. The minimum Gasteiger partial charge on any atom is -0.288 e. The second kappa shape index (κ2) is 7.50. The molecular weight excluding hydrogens is 288 g/mol. The highest BCUT2D eigenvalue weighted by molar-refractivity contribution is 7.17. The number of hydrogen-bond donors (Lipinski definition) is 0. The fourth-order valence-corrected chi connectivity index (χ4v) is 3.62. The van der Waals surface area contributed by atoms with Crippen molar-refractivity contribution in [2.24, 2.45) is 0 Å². The van der Waals surface area contributed by atoms with Crippen molar-refractivity contribution in [3.8, 4) is 0 Å². The zero-order valence-corrected chi connectivity index (χ0v) is 14.2. The number of ketones is 2. The lowest BCUT2D eigenvalue weighted by Gasteiger charge is -2.08. The molecule has 1 aliphatic carbocycles. The van der Waals surface area contributed by atoms with E-state index in [1.54, 1.807) is 17.5 Å². The molecule has 0 unspecified atom stereocenters. The Morgan fingerprint density at radius 2 is 1.60 bits per heavy atom. The Balaban J connectivity index is 0.000000357. The first-order valence-corrected chi connectivity index (χ1v) is 8.57. The van der Waals surface area contributed by atoms with E-state index in [-0.39, 0.29) is 11.6 Å². The third-order valence-corrected chi connectivity index (χ3v) is 4.38. The Kier molecular flexibility index (Phi) is 6.30. The van der Waals surface area contributed by atoms with E-state index in [1.165, 1.54) is 29.1 Å². The second-order valence-corrected chi connectivity index (χ2v) is 6.30. The summed E-state index contributed by atoms with van der Waals surface area (Å²) >= 11 is 2.75. The van der Waals surface area contributed by atoms with Gasteiger partial charge in [0.25, 0.3) is 0 Å². The molecule has 0 aliphatic heterocycles. The Morgan fingerprint density at radius 1 is 1.00 bits per heavy atom. The van der Waals surface area contributed by atoms with Crippen molar-refractivity contribution in [3.63, 3.8) is 0 Å². The number of carbonyl (C=O) groups excluding carboxylic acids is 2. The first-order chi connectivity index (χ1) is 9.60. The Hall–Kier alpha value is -1.26. The van der Waals surface area contributed by atoms with Gasteiger partial charge in [-0.2, -0.15) is 0 Å². The Morgan fingerprint density at radius 3 is 2.20 bits per heavy atom. The maximum Gasteiger partial charge on any atom is 0.214 e. The van der Waals surface area contributed by atoms with E-state index in [2.05, 4.69) is 13.8 Å². The average Bonchev–Trinajstić information content (AvgIpc) is 3.06. The summed E-state index contributed by atoms with van der Waals surface area (Å²) in [6.07, 6.45) is 1.25. The molecule has 0 bridgehead atoms. The minimum atomic E-state index is -0.00907. The molecule has 0 N–H and O–H groups in total. The van der Waals surface area contributed by atoms with Crippen LogP contribution in [0.5, 0.6) is 0 Å². The quantitative estimate of drug-likeness (QED) is 0.562. The van der Waals surface area contributed by atoms with Gasteiger partial charge in [0.15, 0.2) is 5.78 Å². The van der Waals surface area contributed by atoms with E-state index >= 15 is 0 Å². The van der Waals surface area contributed by atoms with Gasteiger partial charge in [-0.15, -0.1) is 22.7 Å². The van der Waals surface area contributed by atoms with E-state index in [1.807, 2.05) is 20.8 Å². The van der Waals surface area contributed by atoms with Gasteiger partial charge >= 0.3 is 0 Å². The highest BCUT2D eigenvalue weighted by Crippen LogP contribution is 2.35. The summed E-state index contributed by atoms with van der Waals surface area (Å²) in [5.41, 5.74) is 1.14. The SMILES string of the molecule is CC.CCC.Cc1cc2c(s1)C(=O)c1sccc1C2=O. The fraction of sp³-hybridized carbons (Fsp3) is 0.375. The molecule has 0 saturated heterocycles. The lowest BCUT2D eigenvalue weighted by molar-refractivity contribution is 0.0986. The van der Waals surface area contributed by atoms with Gasteiger partial charge in [0, 0.05) is 16.0 Å². The molecule has 0 atom stereocenters. The fourth-order valence-electron chi connectivity index (χ4n) is 1.76. The van der Waals surface area contributed by atoms with Crippen molar-refractivity contribution in [3.05, 3.63) is 43.3 Å². The largest absolute Gasteiger partial charge is 0.288 e. The van der Waals surface area contributed by atoms with Crippen LogP contribution in [0.1, 0.15) is 69.5 Å². The topological polar surface area (TPSA) is 34.1 Å². The van der Waals surface area contributed by atoms with E-state index in [9.17, 15) is 9.59 Å². The number of hydrogen-bond acceptors (Lipinski definition) is 4. The van der Waals surface area contributed by atoms with Gasteiger partial charge in [-0.3, -0.25) is 9.59 Å². The van der Waals surface area contributed by atoms with Crippen molar-refractivity contribution >= 4 is 34.2 Å². The molecule has 2 aromatic heterocycles. The van der Waals surface area contributed by atoms with Gasteiger partial charge in [-0.05, 0) is 24.4 Å². The van der Waals surface area contributed by atoms with Crippen LogP contribution in [0.2, 0.25) is 0 Å². The molecule has 0 spiro atoms. The lowest BCUT2D eigenvalue weighted by atomic mass is 9.95. The molecule has 2 nitrogen and oxygen atoms in total. The number of rotatable bonds is 0. The number of carbonyl (C=O) groups is 2. The van der Waals surface area contributed by atoms with Crippen LogP contribution < -0.4 is 0 Å².